The van der Waals surface area contributed by atoms with Crippen LogP contribution in [0.1, 0.15) is 89.7 Å². The number of benzene rings is 1. The minimum Gasteiger partial charge on any atom is -0.487 e. The van der Waals surface area contributed by atoms with E-state index in [0.717, 1.165) is 42.7 Å². The Morgan fingerprint density at radius 3 is 2.67 bits per heavy atom. The normalized spacial score (nSPS) is 26.2. The number of hydrogen-bond donors (Lipinski definition) is 1. The molecule has 182 valence electrons. The summed E-state index contributed by atoms with van der Waals surface area (Å²) in [5.41, 5.74) is 8.45. The smallest absolute Gasteiger partial charge is 0.265 e. The Hall–Kier alpha value is -1.55. The largest absolute Gasteiger partial charge is 0.487 e. The van der Waals surface area contributed by atoms with E-state index in [4.69, 9.17) is 19.5 Å². The van der Waals surface area contributed by atoms with Crippen LogP contribution in [0.4, 0.5) is 0 Å². The minimum absolute atomic E-state index is 0.229. The van der Waals surface area contributed by atoms with E-state index >= 15 is 0 Å². The van der Waals surface area contributed by atoms with Gasteiger partial charge in [-0.3, -0.25) is 10.1 Å². The third-order valence-corrected chi connectivity index (χ3v) is 8.09. The molecule has 33 heavy (non-hydrogen) atoms. The molecule has 0 aromatic heterocycles. The van der Waals surface area contributed by atoms with Crippen LogP contribution in [0.2, 0.25) is 0 Å². The lowest BCUT2D eigenvalue weighted by Crippen LogP contribution is -2.45. The van der Waals surface area contributed by atoms with Crippen LogP contribution in [0, 0.1) is 5.92 Å². The van der Waals surface area contributed by atoms with Crippen LogP contribution in [-0.4, -0.2) is 17.9 Å². The van der Waals surface area contributed by atoms with Crippen LogP contribution in [-0.2, 0) is 15.5 Å². The number of nitrogens with two attached hydrogens (primary N) is 1. The molecule has 2 unspecified atom stereocenters. The Labute approximate surface area is 199 Å². The van der Waals surface area contributed by atoms with Gasteiger partial charge in [-0.05, 0) is 77.0 Å². The zero-order valence-corrected chi connectivity index (χ0v) is 21.8. The predicted octanol–water partition coefficient (Wildman–Crippen LogP) is 7.25. The van der Waals surface area contributed by atoms with Gasteiger partial charge in [0.1, 0.15) is 28.5 Å². The van der Waals surface area contributed by atoms with E-state index in [-0.39, 0.29) is 11.5 Å². The van der Waals surface area contributed by atoms with Crippen molar-refractivity contribution in [3.8, 4) is 11.5 Å². The molecule has 2 N–H and O–H groups in total. The van der Waals surface area contributed by atoms with Crippen molar-refractivity contribution in [1.82, 2.24) is 0 Å². The SMILES string of the molecule is C=C(Oc1cc(CCCCC)cc2c1C1C=C(C)CC[C@H]1C(C)(C)O2)C1(OP(C)(N)=O)CC1. The van der Waals surface area contributed by atoms with Gasteiger partial charge in [0.15, 0.2) is 0 Å². The van der Waals surface area contributed by atoms with E-state index in [2.05, 4.69) is 52.5 Å². The summed E-state index contributed by atoms with van der Waals surface area (Å²) in [4.78, 5) is 0. The summed E-state index contributed by atoms with van der Waals surface area (Å²) in [5.74, 6) is 2.79. The van der Waals surface area contributed by atoms with Gasteiger partial charge in [-0.1, -0.05) is 38.0 Å². The molecule has 5 nitrogen and oxygen atoms in total. The van der Waals surface area contributed by atoms with E-state index in [1.165, 1.54) is 30.6 Å². The highest BCUT2D eigenvalue weighted by Gasteiger charge is 2.52. The molecule has 0 radical (unpaired) electrons. The van der Waals surface area contributed by atoms with E-state index in [0.29, 0.717) is 24.5 Å². The van der Waals surface area contributed by atoms with Crippen LogP contribution >= 0.6 is 7.52 Å². The number of aryl methyl sites for hydroxylation is 1. The molecule has 1 aromatic rings. The van der Waals surface area contributed by atoms with E-state index in [1.54, 1.807) is 0 Å². The monoisotopic (exact) mass is 473 g/mol. The van der Waals surface area contributed by atoms with E-state index < -0.39 is 13.1 Å². The highest BCUT2D eigenvalue weighted by molar-refractivity contribution is 7.55. The summed E-state index contributed by atoms with van der Waals surface area (Å²) in [5, 5.41) is 0. The maximum Gasteiger partial charge on any atom is 0.265 e. The Kier molecular flexibility index (Phi) is 6.63. The predicted molar refractivity (Wildman–Crippen MR) is 134 cm³/mol. The van der Waals surface area contributed by atoms with Gasteiger partial charge in [-0.2, -0.15) is 0 Å². The summed E-state index contributed by atoms with van der Waals surface area (Å²) >= 11 is 0. The summed E-state index contributed by atoms with van der Waals surface area (Å²) in [6.07, 6.45) is 10.5. The lowest BCUT2D eigenvalue weighted by molar-refractivity contribution is 0.0105. The first-order chi connectivity index (χ1) is 15.4. The molecule has 2 aliphatic carbocycles. The molecule has 0 amide bonds. The highest BCUT2D eigenvalue weighted by Crippen LogP contribution is 2.57. The molecule has 4 rings (SSSR count). The van der Waals surface area contributed by atoms with Crippen molar-refractivity contribution in [3.05, 3.63) is 47.2 Å². The first-order valence-corrected chi connectivity index (χ1v) is 14.6. The topological polar surface area (TPSA) is 70.8 Å². The van der Waals surface area contributed by atoms with Crippen molar-refractivity contribution in [1.29, 1.82) is 0 Å². The van der Waals surface area contributed by atoms with Gasteiger partial charge < -0.3 is 14.0 Å². The van der Waals surface area contributed by atoms with Gasteiger partial charge in [0.2, 0.25) is 0 Å². The molecule has 1 aromatic carbocycles. The minimum atomic E-state index is -3.16. The van der Waals surface area contributed by atoms with E-state index in [1.807, 2.05) is 0 Å². The van der Waals surface area contributed by atoms with Crippen molar-refractivity contribution < 1.29 is 18.6 Å². The van der Waals surface area contributed by atoms with Gasteiger partial charge in [0, 0.05) is 24.1 Å². The zero-order valence-electron chi connectivity index (χ0n) is 20.9. The average Bonchev–Trinajstić information content (AvgIpc) is 3.46. The van der Waals surface area contributed by atoms with Crippen LogP contribution < -0.4 is 15.0 Å². The summed E-state index contributed by atoms with van der Waals surface area (Å²) in [6.45, 7) is 14.5. The Balaban J connectivity index is 1.74. The maximum atomic E-state index is 12.2. The fraction of sp³-hybridized carbons (Fsp3) is 0.630. The number of ether oxygens (including phenoxy) is 2. The molecule has 3 aliphatic rings. The van der Waals surface area contributed by atoms with Crippen molar-refractivity contribution in [2.24, 2.45) is 11.4 Å². The lowest BCUT2D eigenvalue weighted by Gasteiger charge is -2.47. The number of allylic oxidation sites excluding steroid dienone is 2. The number of fused-ring (bicyclic) bond motifs is 3. The zero-order chi connectivity index (χ0) is 24.0. The molecule has 0 bridgehead atoms. The van der Waals surface area contributed by atoms with Crippen molar-refractivity contribution in [3.63, 3.8) is 0 Å². The lowest BCUT2D eigenvalue weighted by atomic mass is 9.68. The Morgan fingerprint density at radius 2 is 2.03 bits per heavy atom. The molecule has 6 heteroatoms. The van der Waals surface area contributed by atoms with Crippen molar-refractivity contribution in [2.75, 3.05) is 6.66 Å². The first kappa shape index (κ1) is 24.6. The standard InChI is InChI=1S/C27H40NO4P/c1-7-8-9-10-20-16-23(30-19(3)27(13-14-27)32-33(6,28)29)25-21-15-18(2)11-12-22(21)26(4,5)31-24(25)17-20/h15-17,21-22H,3,7-14H2,1-2,4-6H3,(H2,28,29)/t21?,22-,33?/m1/s1. The second-order valence-electron chi connectivity index (χ2n) is 10.9. The molecule has 1 fully saturated rings. The van der Waals surface area contributed by atoms with Gasteiger partial charge >= 0.3 is 0 Å². The fourth-order valence-electron chi connectivity index (χ4n) is 5.48. The van der Waals surface area contributed by atoms with Crippen LogP contribution in [0.3, 0.4) is 0 Å². The van der Waals surface area contributed by atoms with Gasteiger partial charge in [-0.15, -0.1) is 0 Å². The number of rotatable bonds is 9. The number of unbranched alkanes of at least 4 members (excludes halogenated alkanes) is 2. The molecule has 1 heterocycles. The van der Waals surface area contributed by atoms with Crippen molar-refractivity contribution in [2.45, 2.75) is 96.2 Å². The summed E-state index contributed by atoms with van der Waals surface area (Å²) in [6, 6.07) is 4.36. The molecule has 1 aliphatic heterocycles. The average molecular weight is 474 g/mol. The van der Waals surface area contributed by atoms with Gasteiger partial charge in [0.05, 0.1) is 0 Å². The van der Waals surface area contributed by atoms with Gasteiger partial charge in [-0.25, -0.2) is 0 Å². The molecular formula is C27H40NO4P. The molecular weight excluding hydrogens is 433 g/mol. The molecule has 3 atom stereocenters. The second kappa shape index (κ2) is 8.91. The summed E-state index contributed by atoms with van der Waals surface area (Å²) in [7, 11) is -3.16. The van der Waals surface area contributed by atoms with Gasteiger partial charge in [0.25, 0.3) is 7.52 Å². The molecule has 0 spiro atoms. The third kappa shape index (κ3) is 5.26. The third-order valence-electron chi connectivity index (χ3n) is 7.38. The fourth-order valence-corrected chi connectivity index (χ4v) is 6.45. The molecule has 0 saturated heterocycles. The second-order valence-corrected chi connectivity index (χ2v) is 12.9. The van der Waals surface area contributed by atoms with Crippen LogP contribution in [0.15, 0.2) is 36.1 Å². The van der Waals surface area contributed by atoms with Crippen LogP contribution in [0.5, 0.6) is 11.5 Å². The van der Waals surface area contributed by atoms with Crippen molar-refractivity contribution >= 4 is 7.52 Å². The Morgan fingerprint density at radius 1 is 1.30 bits per heavy atom. The number of hydrogen-bond acceptors (Lipinski definition) is 4. The highest BCUT2D eigenvalue weighted by atomic mass is 31.2. The Bertz CT molecular complexity index is 1000. The first-order valence-electron chi connectivity index (χ1n) is 12.4. The summed E-state index contributed by atoms with van der Waals surface area (Å²) < 4.78 is 31.1. The molecule has 1 saturated carbocycles. The van der Waals surface area contributed by atoms with Crippen LogP contribution in [0.25, 0.3) is 0 Å². The van der Waals surface area contributed by atoms with E-state index in [9.17, 15) is 4.57 Å². The quantitative estimate of drug-likeness (QED) is 0.177. The maximum absolute atomic E-state index is 12.2.